The van der Waals surface area contributed by atoms with E-state index in [0.29, 0.717) is 17.1 Å². The smallest absolute Gasteiger partial charge is 0.410 e. The molecule has 0 unspecified atom stereocenters. The molecule has 0 saturated heterocycles. The fourth-order valence-electron chi connectivity index (χ4n) is 3.41. The highest BCUT2D eigenvalue weighted by Gasteiger charge is 2.47. The molecule has 0 radical (unpaired) electrons. The number of carbonyl (C=O) groups excluding carboxylic acids is 1. The van der Waals surface area contributed by atoms with E-state index in [1.54, 1.807) is 31.2 Å². The lowest BCUT2D eigenvalue weighted by Gasteiger charge is -2.34. The zero-order chi connectivity index (χ0) is 21.5. The Labute approximate surface area is 169 Å². The van der Waals surface area contributed by atoms with Crippen molar-refractivity contribution in [2.24, 2.45) is 0 Å². The van der Waals surface area contributed by atoms with Crippen LogP contribution in [0.15, 0.2) is 41.1 Å². The Morgan fingerprint density at radius 2 is 2.17 bits per heavy atom. The zero-order valence-corrected chi connectivity index (χ0v) is 16.0. The average Bonchev–Trinajstić information content (AvgIpc) is 3.32. The number of halogens is 3. The number of nitrogens with one attached hydrogen (secondary N) is 2. The van der Waals surface area contributed by atoms with Gasteiger partial charge in [-0.05, 0) is 24.6 Å². The molecule has 0 fully saturated rings. The van der Waals surface area contributed by atoms with Gasteiger partial charge in [-0.15, -0.1) is 0 Å². The molecule has 2 atom stereocenters. The Balaban J connectivity index is 1.70. The molecule has 2 N–H and O–H groups in total. The van der Waals surface area contributed by atoms with Gasteiger partial charge >= 0.3 is 6.18 Å². The molecule has 8 nitrogen and oxygen atoms in total. The van der Waals surface area contributed by atoms with Crippen molar-refractivity contribution in [3.05, 3.63) is 53.4 Å². The number of methoxy groups -OCH3 is 1. The highest BCUT2D eigenvalue weighted by Crippen LogP contribution is 2.44. The summed E-state index contributed by atoms with van der Waals surface area (Å²) in [6, 6.07) is 5.69. The number of aromatic nitrogens is 3. The summed E-state index contributed by atoms with van der Waals surface area (Å²) in [6.07, 6.45) is -3.72. The van der Waals surface area contributed by atoms with Gasteiger partial charge in [-0.1, -0.05) is 17.3 Å². The zero-order valence-electron chi connectivity index (χ0n) is 16.0. The van der Waals surface area contributed by atoms with Crippen LogP contribution in [0.25, 0.3) is 0 Å². The van der Waals surface area contributed by atoms with E-state index in [2.05, 4.69) is 20.9 Å². The standard InChI is InChI=1S/C19H18F3N5O3/c1-10-6-16(26-30-10)25-18(28)13-9-23-27-15(19(20,21)22)8-14(24-17(13)27)11-4-3-5-12(7-11)29-2/h3-7,9,14-15,24H,8H2,1-2H3,(H,25,26,28)/t14-,15+/m1/s1. The van der Waals surface area contributed by atoms with Crippen LogP contribution in [0.3, 0.4) is 0 Å². The minimum atomic E-state index is -4.54. The quantitative estimate of drug-likeness (QED) is 0.659. The Hall–Kier alpha value is -3.50. The second kappa shape index (κ2) is 7.39. The molecule has 0 aliphatic carbocycles. The van der Waals surface area contributed by atoms with Crippen molar-refractivity contribution in [1.82, 2.24) is 14.9 Å². The third-order valence-electron chi connectivity index (χ3n) is 4.85. The van der Waals surface area contributed by atoms with E-state index in [9.17, 15) is 18.0 Å². The summed E-state index contributed by atoms with van der Waals surface area (Å²) < 4.78 is 52.2. The molecule has 0 bridgehead atoms. The minimum absolute atomic E-state index is 0.0193. The Morgan fingerprint density at radius 1 is 1.37 bits per heavy atom. The van der Waals surface area contributed by atoms with E-state index < -0.39 is 24.2 Å². The van der Waals surface area contributed by atoms with Crippen LogP contribution in [-0.2, 0) is 0 Å². The number of alkyl halides is 3. The molecule has 1 aliphatic rings. The highest BCUT2D eigenvalue weighted by atomic mass is 19.4. The van der Waals surface area contributed by atoms with E-state index in [-0.39, 0.29) is 23.6 Å². The first-order chi connectivity index (χ1) is 14.3. The van der Waals surface area contributed by atoms with Crippen LogP contribution in [0.1, 0.15) is 40.2 Å². The van der Waals surface area contributed by atoms with Gasteiger partial charge in [0.1, 0.15) is 22.9 Å². The topological polar surface area (TPSA) is 94.2 Å². The van der Waals surface area contributed by atoms with Crippen LogP contribution >= 0.6 is 0 Å². The summed E-state index contributed by atoms with van der Waals surface area (Å²) in [5, 5.41) is 13.0. The molecule has 1 aliphatic heterocycles. The van der Waals surface area contributed by atoms with Gasteiger partial charge in [-0.25, -0.2) is 4.68 Å². The third kappa shape index (κ3) is 3.70. The van der Waals surface area contributed by atoms with E-state index in [1.165, 1.54) is 13.2 Å². The van der Waals surface area contributed by atoms with Crippen LogP contribution in [0, 0.1) is 6.92 Å². The van der Waals surface area contributed by atoms with E-state index in [0.717, 1.165) is 10.9 Å². The first-order valence-corrected chi connectivity index (χ1v) is 9.05. The van der Waals surface area contributed by atoms with Crippen LogP contribution < -0.4 is 15.4 Å². The lowest BCUT2D eigenvalue weighted by atomic mass is 9.96. The number of carbonyl (C=O) groups is 1. The molecule has 11 heteroatoms. The fraction of sp³-hybridized carbons (Fsp3) is 0.316. The predicted octanol–water partition coefficient (Wildman–Crippen LogP) is 4.10. The first-order valence-electron chi connectivity index (χ1n) is 9.05. The molecule has 158 valence electrons. The van der Waals surface area contributed by atoms with Gasteiger partial charge in [0.2, 0.25) is 0 Å². The summed E-state index contributed by atoms with van der Waals surface area (Å²) in [7, 11) is 1.48. The van der Waals surface area contributed by atoms with Crippen molar-refractivity contribution in [3.63, 3.8) is 0 Å². The number of hydrogen-bond donors (Lipinski definition) is 2. The van der Waals surface area contributed by atoms with Crippen molar-refractivity contribution >= 4 is 17.5 Å². The van der Waals surface area contributed by atoms with E-state index >= 15 is 0 Å². The van der Waals surface area contributed by atoms with Crippen molar-refractivity contribution < 1.29 is 27.2 Å². The number of amides is 1. The predicted molar refractivity (Wildman–Crippen MR) is 100 cm³/mol. The maximum atomic E-state index is 13.8. The molecule has 2 aromatic heterocycles. The Bertz CT molecular complexity index is 1080. The number of hydrogen-bond acceptors (Lipinski definition) is 6. The van der Waals surface area contributed by atoms with Gasteiger partial charge in [0, 0.05) is 12.5 Å². The van der Waals surface area contributed by atoms with E-state index in [4.69, 9.17) is 9.26 Å². The summed E-state index contributed by atoms with van der Waals surface area (Å²) in [5.74, 6) is 0.496. The van der Waals surface area contributed by atoms with Crippen LogP contribution in [0.5, 0.6) is 5.75 Å². The summed E-state index contributed by atoms with van der Waals surface area (Å²) in [5.41, 5.74) is 0.576. The van der Waals surface area contributed by atoms with Crippen molar-refractivity contribution in [2.45, 2.75) is 31.6 Å². The second-order valence-corrected chi connectivity index (χ2v) is 6.89. The number of benzene rings is 1. The monoisotopic (exact) mass is 421 g/mol. The highest BCUT2D eigenvalue weighted by molar-refractivity contribution is 6.07. The van der Waals surface area contributed by atoms with Gasteiger partial charge in [0.15, 0.2) is 11.9 Å². The van der Waals surface area contributed by atoms with Crippen molar-refractivity contribution in [3.8, 4) is 5.75 Å². The maximum absolute atomic E-state index is 13.8. The van der Waals surface area contributed by atoms with Crippen LogP contribution in [-0.4, -0.2) is 34.1 Å². The molecule has 4 rings (SSSR count). The van der Waals surface area contributed by atoms with Gasteiger partial charge in [-0.3, -0.25) is 4.79 Å². The molecular formula is C19H18F3N5O3. The summed E-state index contributed by atoms with van der Waals surface area (Å²) in [4.78, 5) is 12.7. The number of rotatable bonds is 4. The lowest BCUT2D eigenvalue weighted by Crippen LogP contribution is -2.36. The van der Waals surface area contributed by atoms with Gasteiger partial charge in [-0.2, -0.15) is 18.3 Å². The molecule has 3 heterocycles. The van der Waals surface area contributed by atoms with Crippen molar-refractivity contribution in [2.75, 3.05) is 17.7 Å². The number of ether oxygens (including phenoxy) is 1. The molecular weight excluding hydrogens is 403 g/mol. The third-order valence-corrected chi connectivity index (χ3v) is 4.85. The van der Waals surface area contributed by atoms with Crippen LogP contribution in [0.2, 0.25) is 0 Å². The molecule has 0 saturated carbocycles. The van der Waals surface area contributed by atoms with Gasteiger partial charge in [0.05, 0.1) is 19.3 Å². The average molecular weight is 421 g/mol. The van der Waals surface area contributed by atoms with Crippen molar-refractivity contribution in [1.29, 1.82) is 0 Å². The molecule has 1 aromatic carbocycles. The lowest BCUT2D eigenvalue weighted by molar-refractivity contribution is -0.173. The Kier molecular flexibility index (Phi) is 4.88. The molecule has 0 spiro atoms. The molecule has 1 amide bonds. The summed E-state index contributed by atoms with van der Waals surface area (Å²) in [6.45, 7) is 1.65. The van der Waals surface area contributed by atoms with Gasteiger partial charge in [0.25, 0.3) is 5.91 Å². The summed E-state index contributed by atoms with van der Waals surface area (Å²) >= 11 is 0. The first kappa shape index (κ1) is 19.8. The normalized spacial score (nSPS) is 18.4. The molecule has 30 heavy (non-hydrogen) atoms. The molecule has 3 aromatic rings. The second-order valence-electron chi connectivity index (χ2n) is 6.89. The number of nitrogens with zero attached hydrogens (tertiary/aromatic N) is 3. The fourth-order valence-corrected chi connectivity index (χ4v) is 3.41. The van der Waals surface area contributed by atoms with E-state index in [1.807, 2.05) is 0 Å². The number of aryl methyl sites for hydroxylation is 1. The van der Waals surface area contributed by atoms with Crippen LogP contribution in [0.4, 0.5) is 24.8 Å². The van der Waals surface area contributed by atoms with Gasteiger partial charge < -0.3 is 19.9 Å². The SMILES string of the molecule is COc1cccc([C@H]2C[C@@H](C(F)(F)F)n3ncc(C(=O)Nc4cc(C)on4)c3N2)c1. The minimum Gasteiger partial charge on any atom is -0.497 e. The Morgan fingerprint density at radius 3 is 2.83 bits per heavy atom. The number of fused-ring (bicyclic) bond motifs is 1. The maximum Gasteiger partial charge on any atom is 0.410 e. The number of anilines is 2. The largest absolute Gasteiger partial charge is 0.497 e.